The zero-order valence-corrected chi connectivity index (χ0v) is 8.87. The van der Waals surface area contributed by atoms with Crippen molar-refractivity contribution >= 4 is 17.6 Å². The van der Waals surface area contributed by atoms with E-state index in [0.29, 0.717) is 0 Å². The Bertz CT molecular complexity index is 307. The average molecular weight is 218 g/mol. The number of nitrogens with zero attached hydrogens (tertiary/aromatic N) is 1. The van der Waals surface area contributed by atoms with E-state index in [1.807, 2.05) is 13.2 Å². The third-order valence-electron chi connectivity index (χ3n) is 1.61. The summed E-state index contributed by atoms with van der Waals surface area (Å²) >= 11 is 1.65. The summed E-state index contributed by atoms with van der Waals surface area (Å²) in [6, 6.07) is 0.929. The van der Waals surface area contributed by atoms with Crippen molar-refractivity contribution in [3.63, 3.8) is 0 Å². The van der Waals surface area contributed by atoms with Crippen LogP contribution >= 0.6 is 11.8 Å². The minimum absolute atomic E-state index is 0.105. The van der Waals surface area contributed by atoms with E-state index in [0.717, 1.165) is 18.0 Å². The van der Waals surface area contributed by atoms with Crippen LogP contribution in [-0.4, -0.2) is 23.0 Å². The number of nitrogens with one attached hydrogen (secondary N) is 1. The van der Waals surface area contributed by atoms with Crippen molar-refractivity contribution < 1.29 is 8.78 Å². The molecule has 1 N–H and O–H groups in total. The van der Waals surface area contributed by atoms with Gasteiger partial charge in [-0.25, -0.2) is 13.8 Å². The van der Waals surface area contributed by atoms with Crippen LogP contribution in [0.3, 0.4) is 0 Å². The molecule has 0 aliphatic carbocycles. The minimum Gasteiger partial charge on any atom is -0.364 e. The summed E-state index contributed by atoms with van der Waals surface area (Å²) in [4.78, 5) is 3.63. The smallest absolute Gasteiger partial charge is 0.168 e. The van der Waals surface area contributed by atoms with Gasteiger partial charge < -0.3 is 5.32 Å². The molecular formula is C9H12F2N2S. The first-order chi connectivity index (χ1) is 6.63. The monoisotopic (exact) mass is 218 g/mol. The average Bonchev–Trinajstić information content (AvgIpc) is 2.10. The maximum absolute atomic E-state index is 13.1. The van der Waals surface area contributed by atoms with E-state index in [1.54, 1.807) is 11.8 Å². The first-order valence-electron chi connectivity index (χ1n) is 4.20. The van der Waals surface area contributed by atoms with Crippen LogP contribution in [0.15, 0.2) is 12.3 Å². The summed E-state index contributed by atoms with van der Waals surface area (Å²) in [6.45, 7) is 1.92. The molecule has 0 saturated heterocycles. The molecule has 0 saturated carbocycles. The molecule has 5 heteroatoms. The highest BCUT2D eigenvalue weighted by molar-refractivity contribution is 7.98. The Hall–Kier alpha value is -0.840. The lowest BCUT2D eigenvalue weighted by molar-refractivity contribution is 0.574. The quantitative estimate of drug-likeness (QED) is 0.840. The molecule has 0 aliphatic heterocycles. The maximum atomic E-state index is 13.1. The molecule has 0 aliphatic rings. The SMILES string of the molecule is CSCC(C)Nc1ncc(F)cc1F. The largest absolute Gasteiger partial charge is 0.364 e. The zero-order valence-electron chi connectivity index (χ0n) is 8.05. The first kappa shape index (κ1) is 11.2. The van der Waals surface area contributed by atoms with E-state index in [-0.39, 0.29) is 11.9 Å². The molecule has 1 rings (SSSR count). The Morgan fingerprint density at radius 3 is 2.86 bits per heavy atom. The van der Waals surface area contributed by atoms with Crippen molar-refractivity contribution in [3.8, 4) is 0 Å². The Labute approximate surface area is 86.1 Å². The summed E-state index contributed by atoms with van der Waals surface area (Å²) in [6.07, 6.45) is 2.96. The fourth-order valence-electron chi connectivity index (χ4n) is 1.05. The normalized spacial score (nSPS) is 12.6. The van der Waals surface area contributed by atoms with Gasteiger partial charge in [0.25, 0.3) is 0 Å². The number of anilines is 1. The number of hydrogen-bond acceptors (Lipinski definition) is 3. The first-order valence-corrected chi connectivity index (χ1v) is 5.59. The van der Waals surface area contributed by atoms with Crippen molar-refractivity contribution in [3.05, 3.63) is 23.9 Å². The van der Waals surface area contributed by atoms with Gasteiger partial charge in [-0.2, -0.15) is 11.8 Å². The Balaban J connectivity index is 2.67. The molecule has 2 nitrogen and oxygen atoms in total. The summed E-state index contributed by atoms with van der Waals surface area (Å²) < 4.78 is 25.6. The van der Waals surface area contributed by atoms with Crippen LogP contribution in [0.5, 0.6) is 0 Å². The molecule has 14 heavy (non-hydrogen) atoms. The standard InChI is InChI=1S/C9H12F2N2S/c1-6(5-14-2)13-9-8(11)3-7(10)4-12-9/h3-4,6H,5H2,1-2H3,(H,12,13). The van der Waals surface area contributed by atoms with Gasteiger partial charge in [-0.15, -0.1) is 0 Å². The second-order valence-corrected chi connectivity index (χ2v) is 3.90. The summed E-state index contributed by atoms with van der Waals surface area (Å²) in [5.74, 6) is -0.366. The fourth-order valence-corrected chi connectivity index (χ4v) is 1.63. The van der Waals surface area contributed by atoms with Gasteiger partial charge in [0, 0.05) is 17.9 Å². The molecule has 1 atom stereocenters. The Morgan fingerprint density at radius 1 is 1.57 bits per heavy atom. The Kier molecular flexibility index (Phi) is 4.13. The number of thioether (sulfide) groups is 1. The van der Waals surface area contributed by atoms with E-state index in [2.05, 4.69) is 10.3 Å². The second-order valence-electron chi connectivity index (χ2n) is 2.98. The van der Waals surface area contributed by atoms with E-state index in [9.17, 15) is 8.78 Å². The van der Waals surface area contributed by atoms with Crippen molar-refractivity contribution in [2.45, 2.75) is 13.0 Å². The third kappa shape index (κ3) is 3.14. The number of pyridine rings is 1. The summed E-state index contributed by atoms with van der Waals surface area (Å²) in [5.41, 5.74) is 0. The molecular weight excluding hydrogens is 206 g/mol. The van der Waals surface area contributed by atoms with Crippen LogP contribution in [0.1, 0.15) is 6.92 Å². The molecule has 0 fully saturated rings. The maximum Gasteiger partial charge on any atom is 0.168 e. The fraction of sp³-hybridized carbons (Fsp3) is 0.444. The molecule has 1 heterocycles. The van der Waals surface area contributed by atoms with Gasteiger partial charge in [-0.3, -0.25) is 0 Å². The van der Waals surface area contributed by atoms with Crippen LogP contribution in [0, 0.1) is 11.6 Å². The minimum atomic E-state index is -0.662. The van der Waals surface area contributed by atoms with Crippen molar-refractivity contribution in [1.29, 1.82) is 0 Å². The number of aromatic nitrogens is 1. The number of hydrogen-bond donors (Lipinski definition) is 1. The zero-order chi connectivity index (χ0) is 10.6. The highest BCUT2D eigenvalue weighted by atomic mass is 32.2. The van der Waals surface area contributed by atoms with Crippen LogP contribution in [0.25, 0.3) is 0 Å². The van der Waals surface area contributed by atoms with E-state index in [1.165, 1.54) is 0 Å². The number of halogens is 2. The predicted octanol–water partition coefficient (Wildman–Crippen LogP) is 2.52. The molecule has 1 unspecified atom stereocenters. The van der Waals surface area contributed by atoms with Crippen LogP contribution in [-0.2, 0) is 0 Å². The lowest BCUT2D eigenvalue weighted by Gasteiger charge is -2.13. The molecule has 78 valence electrons. The molecule has 0 spiro atoms. The highest BCUT2D eigenvalue weighted by Crippen LogP contribution is 2.13. The predicted molar refractivity (Wildman–Crippen MR) is 55.6 cm³/mol. The van der Waals surface area contributed by atoms with Gasteiger partial charge in [0.2, 0.25) is 0 Å². The van der Waals surface area contributed by atoms with Crippen molar-refractivity contribution in [1.82, 2.24) is 4.98 Å². The van der Waals surface area contributed by atoms with E-state index >= 15 is 0 Å². The van der Waals surface area contributed by atoms with Gasteiger partial charge in [-0.05, 0) is 13.2 Å². The number of rotatable bonds is 4. The van der Waals surface area contributed by atoms with Crippen LogP contribution in [0.2, 0.25) is 0 Å². The van der Waals surface area contributed by atoms with Gasteiger partial charge in [0.05, 0.1) is 6.20 Å². The Morgan fingerprint density at radius 2 is 2.29 bits per heavy atom. The van der Waals surface area contributed by atoms with Crippen molar-refractivity contribution in [2.24, 2.45) is 0 Å². The topological polar surface area (TPSA) is 24.9 Å². The molecule has 0 radical (unpaired) electrons. The third-order valence-corrected chi connectivity index (χ3v) is 2.44. The second kappa shape index (κ2) is 5.14. The molecule has 0 aromatic carbocycles. The summed E-state index contributed by atoms with van der Waals surface area (Å²) in [5, 5.41) is 2.86. The molecule has 0 amide bonds. The summed E-state index contributed by atoms with van der Waals surface area (Å²) in [7, 11) is 0. The van der Waals surface area contributed by atoms with Gasteiger partial charge in [-0.1, -0.05) is 0 Å². The lowest BCUT2D eigenvalue weighted by Crippen LogP contribution is -2.19. The lowest BCUT2D eigenvalue weighted by atomic mass is 10.3. The van der Waals surface area contributed by atoms with E-state index in [4.69, 9.17) is 0 Å². The van der Waals surface area contributed by atoms with Gasteiger partial charge in [0.1, 0.15) is 5.82 Å². The van der Waals surface area contributed by atoms with Crippen LogP contribution in [0.4, 0.5) is 14.6 Å². The van der Waals surface area contributed by atoms with Crippen LogP contribution < -0.4 is 5.32 Å². The van der Waals surface area contributed by atoms with Gasteiger partial charge in [0.15, 0.2) is 11.6 Å². The van der Waals surface area contributed by atoms with Gasteiger partial charge >= 0.3 is 0 Å². The highest BCUT2D eigenvalue weighted by Gasteiger charge is 2.07. The molecule has 0 bridgehead atoms. The van der Waals surface area contributed by atoms with Crippen molar-refractivity contribution in [2.75, 3.05) is 17.3 Å². The van der Waals surface area contributed by atoms with E-state index < -0.39 is 11.6 Å². The molecule has 1 aromatic rings. The molecule has 1 aromatic heterocycles.